The van der Waals surface area contributed by atoms with Crippen molar-refractivity contribution in [3.63, 3.8) is 0 Å². The van der Waals surface area contributed by atoms with Gasteiger partial charge in [-0.05, 0) is 92.8 Å². The van der Waals surface area contributed by atoms with Gasteiger partial charge in [0.05, 0.1) is 12.3 Å². The summed E-state index contributed by atoms with van der Waals surface area (Å²) in [6, 6.07) is 0. The highest BCUT2D eigenvalue weighted by Crippen LogP contribution is 2.66. The number of hydrogen-bond acceptors (Lipinski definition) is 4. The average Bonchev–Trinajstić information content (AvgIpc) is 3.22. The van der Waals surface area contributed by atoms with Crippen LogP contribution in [-0.2, 0) is 9.59 Å². The lowest BCUT2D eigenvalue weighted by molar-refractivity contribution is -0.147. The van der Waals surface area contributed by atoms with Crippen molar-refractivity contribution in [3.8, 4) is 0 Å². The molecule has 5 fully saturated rings. The minimum Gasteiger partial charge on any atom is -0.297 e. The van der Waals surface area contributed by atoms with Crippen LogP contribution in [-0.4, -0.2) is 39.8 Å². The molecular formula is C24H34FNO3S. The summed E-state index contributed by atoms with van der Waals surface area (Å²) in [5, 5.41) is -0.291. The normalized spacial score (nSPS) is 48.3. The fourth-order valence-corrected chi connectivity index (χ4v) is 9.05. The molecule has 1 aliphatic heterocycles. The minimum absolute atomic E-state index is 0.0396. The zero-order valence-corrected chi connectivity index (χ0v) is 19.0. The van der Waals surface area contributed by atoms with Crippen molar-refractivity contribution in [1.29, 1.82) is 0 Å². The topological polar surface area (TPSA) is 54.5 Å². The third kappa shape index (κ3) is 3.02. The van der Waals surface area contributed by atoms with Crippen molar-refractivity contribution in [3.05, 3.63) is 0 Å². The van der Waals surface area contributed by atoms with Gasteiger partial charge in [-0.15, -0.1) is 0 Å². The van der Waals surface area contributed by atoms with Crippen molar-refractivity contribution >= 4 is 28.7 Å². The van der Waals surface area contributed by atoms with Gasteiger partial charge in [-0.2, -0.15) is 0 Å². The number of thioether (sulfide) groups is 1. The second-order valence-corrected chi connectivity index (χ2v) is 12.1. The highest BCUT2D eigenvalue weighted by Gasteiger charge is 2.62. The van der Waals surface area contributed by atoms with E-state index in [2.05, 4.69) is 13.8 Å². The van der Waals surface area contributed by atoms with E-state index in [1.165, 1.54) is 0 Å². The Morgan fingerprint density at radius 2 is 1.90 bits per heavy atom. The molecule has 5 aliphatic rings. The molecule has 0 radical (unpaired) electrons. The number of carbonyl (C=O) groups excluding carboxylic acids is 3. The summed E-state index contributed by atoms with van der Waals surface area (Å²) in [4.78, 5) is 38.3. The summed E-state index contributed by atoms with van der Waals surface area (Å²) >= 11 is 0.988. The predicted molar refractivity (Wildman–Crippen MR) is 115 cm³/mol. The van der Waals surface area contributed by atoms with Gasteiger partial charge in [0, 0.05) is 5.92 Å². The Morgan fingerprint density at radius 3 is 2.63 bits per heavy atom. The fourth-order valence-electron chi connectivity index (χ4n) is 8.33. The summed E-state index contributed by atoms with van der Waals surface area (Å²) in [6.07, 6.45) is 8.49. The largest absolute Gasteiger partial charge is 0.297 e. The van der Waals surface area contributed by atoms with E-state index in [1.54, 1.807) is 0 Å². The first-order chi connectivity index (χ1) is 14.2. The number of imide groups is 1. The lowest BCUT2D eigenvalue weighted by atomic mass is 9.48. The maximum Gasteiger partial charge on any atom is 0.289 e. The fraction of sp³-hybridized carbons (Fsp3) is 0.875. The maximum absolute atomic E-state index is 16.4. The van der Waals surface area contributed by atoms with Crippen LogP contribution in [0.4, 0.5) is 9.18 Å². The molecule has 1 saturated heterocycles. The standard InChI is InChI=1S/C24H34FNO3S/c1-14-7-10-24(25)15(11-14)3-4-16-17-5-6-19(23(17,2)9-8-18(16)24)20(27)12-26-21(28)13-30-22(26)29/h14-19H,3-13H2,1-2H3/t14-,15+,16-,17?,18?,19+,23-,24+/m0/s1. The summed E-state index contributed by atoms with van der Waals surface area (Å²) < 4.78 is 16.4. The molecule has 6 heteroatoms. The van der Waals surface area contributed by atoms with Crippen molar-refractivity contribution in [2.75, 3.05) is 12.3 Å². The van der Waals surface area contributed by atoms with E-state index in [4.69, 9.17) is 0 Å². The Bertz CT molecular complexity index is 758. The Kier molecular flexibility index (Phi) is 5.11. The molecule has 0 spiro atoms. The van der Waals surface area contributed by atoms with Gasteiger partial charge in [-0.1, -0.05) is 25.6 Å². The summed E-state index contributed by atoms with van der Waals surface area (Å²) in [5.74, 6) is 1.67. The second kappa shape index (κ2) is 7.31. The molecule has 0 bridgehead atoms. The third-order valence-electron chi connectivity index (χ3n) is 9.83. The lowest BCUT2D eigenvalue weighted by Crippen LogP contribution is -2.57. The van der Waals surface area contributed by atoms with Gasteiger partial charge in [-0.3, -0.25) is 19.3 Å². The molecule has 1 heterocycles. The number of alkyl halides is 1. The number of carbonyl (C=O) groups is 3. The highest BCUT2D eigenvalue weighted by atomic mass is 32.2. The van der Waals surface area contributed by atoms with E-state index in [0.717, 1.165) is 74.4 Å². The van der Waals surface area contributed by atoms with E-state index in [0.29, 0.717) is 17.8 Å². The number of nitrogens with zero attached hydrogens (tertiary/aromatic N) is 1. The number of amides is 2. The van der Waals surface area contributed by atoms with Gasteiger partial charge >= 0.3 is 0 Å². The Labute approximate surface area is 183 Å². The molecule has 0 aromatic rings. The number of hydrogen-bond donors (Lipinski definition) is 0. The maximum atomic E-state index is 16.4. The highest BCUT2D eigenvalue weighted by molar-refractivity contribution is 8.14. The number of Topliss-reactive ketones (excluding diaryl/α,β-unsaturated/α-hetero) is 1. The summed E-state index contributed by atoms with van der Waals surface area (Å²) in [6.45, 7) is 4.44. The van der Waals surface area contributed by atoms with E-state index in [9.17, 15) is 14.4 Å². The van der Waals surface area contributed by atoms with Crippen LogP contribution in [0, 0.1) is 40.9 Å². The zero-order valence-electron chi connectivity index (χ0n) is 18.2. The van der Waals surface area contributed by atoms with Crippen LogP contribution in [0.5, 0.6) is 0 Å². The molecule has 4 nitrogen and oxygen atoms in total. The SMILES string of the molecule is C[C@H]1CC[C@]2(F)C3CC[C@@]4(C)C(CC[C@@H]4C(=O)CN4C(=O)CSC4=O)[C@@H]3CC[C@@H]2C1. The predicted octanol–water partition coefficient (Wildman–Crippen LogP) is 5.25. The first-order valence-corrected chi connectivity index (χ1v) is 12.9. The van der Waals surface area contributed by atoms with Crippen LogP contribution in [0.1, 0.15) is 71.6 Å². The average molecular weight is 436 g/mol. The van der Waals surface area contributed by atoms with E-state index in [1.807, 2.05) is 0 Å². The molecule has 0 N–H and O–H groups in total. The van der Waals surface area contributed by atoms with E-state index < -0.39 is 5.67 Å². The Morgan fingerprint density at radius 1 is 1.10 bits per heavy atom. The van der Waals surface area contributed by atoms with Gasteiger partial charge in [0.1, 0.15) is 5.67 Å². The van der Waals surface area contributed by atoms with E-state index >= 15 is 4.39 Å². The monoisotopic (exact) mass is 435 g/mol. The number of ketones is 1. The molecule has 2 amide bonds. The van der Waals surface area contributed by atoms with Gasteiger partial charge < -0.3 is 0 Å². The van der Waals surface area contributed by atoms with Crippen LogP contribution in [0.2, 0.25) is 0 Å². The molecule has 166 valence electrons. The third-order valence-corrected chi connectivity index (χ3v) is 10.7. The molecule has 5 rings (SSSR count). The molecule has 4 aliphatic carbocycles. The smallest absolute Gasteiger partial charge is 0.289 e. The van der Waals surface area contributed by atoms with Gasteiger partial charge in [0.15, 0.2) is 5.78 Å². The first kappa shape index (κ1) is 21.0. The Balaban J connectivity index is 1.33. The summed E-state index contributed by atoms with van der Waals surface area (Å²) in [7, 11) is 0. The summed E-state index contributed by atoms with van der Waals surface area (Å²) in [5.41, 5.74) is -1.10. The second-order valence-electron chi connectivity index (χ2n) is 11.1. The molecule has 30 heavy (non-hydrogen) atoms. The Hall–Kier alpha value is -0.910. The molecule has 4 saturated carbocycles. The van der Waals surface area contributed by atoms with E-state index in [-0.39, 0.29) is 52.4 Å². The van der Waals surface area contributed by atoms with Crippen molar-refractivity contribution in [2.24, 2.45) is 40.9 Å². The minimum atomic E-state index is -0.996. The van der Waals surface area contributed by atoms with Crippen molar-refractivity contribution in [2.45, 2.75) is 77.3 Å². The van der Waals surface area contributed by atoms with Gasteiger partial charge in [0.2, 0.25) is 5.91 Å². The number of rotatable bonds is 3. The lowest BCUT2D eigenvalue weighted by Gasteiger charge is -2.58. The zero-order chi connectivity index (χ0) is 21.3. The molecule has 8 atom stereocenters. The van der Waals surface area contributed by atoms with Crippen LogP contribution < -0.4 is 0 Å². The number of halogens is 1. The van der Waals surface area contributed by atoms with Gasteiger partial charge in [0.25, 0.3) is 5.24 Å². The molecule has 0 aromatic heterocycles. The molecule has 0 aromatic carbocycles. The van der Waals surface area contributed by atoms with Crippen LogP contribution >= 0.6 is 11.8 Å². The van der Waals surface area contributed by atoms with Crippen molar-refractivity contribution < 1.29 is 18.8 Å². The molecule has 2 unspecified atom stereocenters. The first-order valence-electron chi connectivity index (χ1n) is 11.9. The van der Waals surface area contributed by atoms with Crippen molar-refractivity contribution in [1.82, 2.24) is 4.90 Å². The van der Waals surface area contributed by atoms with Crippen LogP contribution in [0.15, 0.2) is 0 Å². The van der Waals surface area contributed by atoms with Crippen LogP contribution in [0.3, 0.4) is 0 Å². The molecular weight excluding hydrogens is 401 g/mol. The quantitative estimate of drug-likeness (QED) is 0.608. The van der Waals surface area contributed by atoms with Gasteiger partial charge in [-0.25, -0.2) is 4.39 Å². The number of fused-ring (bicyclic) bond motifs is 5. The van der Waals surface area contributed by atoms with Crippen LogP contribution in [0.25, 0.3) is 0 Å².